The molecule has 92 valence electrons. The van der Waals surface area contributed by atoms with Gasteiger partial charge in [0, 0.05) is 0 Å². The zero-order chi connectivity index (χ0) is 12.5. The number of carbonyl (C=O) groups excluding carboxylic acids is 1. The maximum absolute atomic E-state index is 11.1. The third-order valence-corrected chi connectivity index (χ3v) is 3.66. The molecule has 1 aromatic heterocycles. The van der Waals surface area contributed by atoms with E-state index in [4.69, 9.17) is 15.2 Å². The molecule has 18 heavy (non-hydrogen) atoms. The van der Waals surface area contributed by atoms with E-state index >= 15 is 0 Å². The van der Waals surface area contributed by atoms with Crippen molar-refractivity contribution in [2.45, 2.75) is 0 Å². The first-order valence-electron chi connectivity index (χ1n) is 5.52. The summed E-state index contributed by atoms with van der Waals surface area (Å²) < 4.78 is 11.0. The van der Waals surface area contributed by atoms with Gasteiger partial charge in [-0.05, 0) is 34.7 Å². The highest BCUT2D eigenvalue weighted by Gasteiger charge is 2.13. The number of thiophene rings is 1. The second-order valence-electron chi connectivity index (χ2n) is 3.92. The smallest absolute Gasteiger partial charge is 0.258 e. The fourth-order valence-corrected chi connectivity index (χ4v) is 2.61. The molecule has 0 spiro atoms. The Kier molecular flexibility index (Phi) is 2.68. The molecule has 0 atom stereocenters. The van der Waals surface area contributed by atoms with Gasteiger partial charge in [0.2, 0.25) is 0 Å². The molecule has 2 aromatic rings. The van der Waals surface area contributed by atoms with Crippen LogP contribution in [0, 0.1) is 0 Å². The summed E-state index contributed by atoms with van der Waals surface area (Å²) in [5.41, 5.74) is 7.20. The summed E-state index contributed by atoms with van der Waals surface area (Å²) in [4.78, 5) is 11.6. The van der Waals surface area contributed by atoms with Crippen molar-refractivity contribution in [2.75, 3.05) is 13.2 Å². The lowest BCUT2D eigenvalue weighted by Gasteiger charge is -2.18. The fraction of sp³-hybridized carbons (Fsp3) is 0.154. The summed E-state index contributed by atoms with van der Waals surface area (Å²) in [6.45, 7) is 1.14. The lowest BCUT2D eigenvalue weighted by Crippen LogP contribution is -2.15. The zero-order valence-electron chi connectivity index (χ0n) is 9.51. The Hall–Kier alpha value is -2.01. The normalized spacial score (nSPS) is 13.3. The van der Waals surface area contributed by atoms with Crippen LogP contribution in [0.25, 0.3) is 11.1 Å². The molecule has 0 radical (unpaired) electrons. The van der Waals surface area contributed by atoms with Crippen molar-refractivity contribution in [3.8, 4) is 22.6 Å². The Morgan fingerprint density at radius 2 is 1.89 bits per heavy atom. The SMILES string of the molecule is NC(=O)c1cc(-c2ccc3c(c2)OCCO3)cs1. The van der Waals surface area contributed by atoms with Crippen LogP contribution in [0.4, 0.5) is 0 Å². The van der Waals surface area contributed by atoms with E-state index in [0.29, 0.717) is 18.1 Å². The third-order valence-electron chi connectivity index (χ3n) is 2.72. The lowest BCUT2D eigenvalue weighted by molar-refractivity contribution is 0.100. The molecule has 0 bridgehead atoms. The van der Waals surface area contributed by atoms with Crippen LogP contribution >= 0.6 is 11.3 Å². The van der Waals surface area contributed by atoms with Gasteiger partial charge in [-0.2, -0.15) is 0 Å². The summed E-state index contributed by atoms with van der Waals surface area (Å²) in [7, 11) is 0. The van der Waals surface area contributed by atoms with Crippen molar-refractivity contribution in [1.82, 2.24) is 0 Å². The highest BCUT2D eigenvalue weighted by molar-refractivity contribution is 7.12. The van der Waals surface area contributed by atoms with Gasteiger partial charge in [-0.1, -0.05) is 6.07 Å². The van der Waals surface area contributed by atoms with E-state index in [1.165, 1.54) is 11.3 Å². The Bertz CT molecular complexity index is 606. The predicted molar refractivity (Wildman–Crippen MR) is 69.3 cm³/mol. The molecule has 5 heteroatoms. The molecule has 2 heterocycles. The molecule has 0 saturated heterocycles. The topological polar surface area (TPSA) is 61.6 Å². The Morgan fingerprint density at radius 3 is 2.61 bits per heavy atom. The number of hydrogen-bond acceptors (Lipinski definition) is 4. The number of fused-ring (bicyclic) bond motifs is 1. The van der Waals surface area contributed by atoms with Gasteiger partial charge in [-0.3, -0.25) is 4.79 Å². The van der Waals surface area contributed by atoms with E-state index in [1.54, 1.807) is 6.07 Å². The van der Waals surface area contributed by atoms with Gasteiger partial charge >= 0.3 is 0 Å². The highest BCUT2D eigenvalue weighted by Crippen LogP contribution is 2.35. The molecule has 1 amide bonds. The predicted octanol–water partition coefficient (Wildman–Crippen LogP) is 2.29. The summed E-state index contributed by atoms with van der Waals surface area (Å²) in [5.74, 6) is 1.10. The van der Waals surface area contributed by atoms with Crippen LogP contribution in [0.5, 0.6) is 11.5 Å². The van der Waals surface area contributed by atoms with Crippen LogP contribution < -0.4 is 15.2 Å². The fourth-order valence-electron chi connectivity index (χ4n) is 1.84. The third kappa shape index (κ3) is 1.93. The summed E-state index contributed by atoms with van der Waals surface area (Å²) in [5, 5.41) is 1.91. The molecule has 0 saturated carbocycles. The molecule has 0 aliphatic carbocycles. The van der Waals surface area contributed by atoms with Gasteiger partial charge in [0.15, 0.2) is 11.5 Å². The number of hydrogen-bond donors (Lipinski definition) is 1. The standard InChI is InChI=1S/C13H11NO3S/c14-13(15)12-6-9(7-18-12)8-1-2-10-11(5-8)17-4-3-16-10/h1-2,5-7H,3-4H2,(H2,14,15). The second-order valence-corrected chi connectivity index (χ2v) is 4.83. The first kappa shape index (κ1) is 11.1. The van der Waals surface area contributed by atoms with Crippen LogP contribution in [0.3, 0.4) is 0 Å². The number of nitrogens with two attached hydrogens (primary N) is 1. The van der Waals surface area contributed by atoms with Crippen LogP contribution in [0.1, 0.15) is 9.67 Å². The molecule has 1 aliphatic heterocycles. The first-order valence-corrected chi connectivity index (χ1v) is 6.40. The first-order chi connectivity index (χ1) is 8.74. The Morgan fingerprint density at radius 1 is 1.11 bits per heavy atom. The number of primary amides is 1. The molecule has 4 nitrogen and oxygen atoms in total. The average molecular weight is 261 g/mol. The molecule has 1 aliphatic rings. The molecular formula is C13H11NO3S. The van der Waals surface area contributed by atoms with Gasteiger partial charge in [-0.25, -0.2) is 0 Å². The summed E-state index contributed by atoms with van der Waals surface area (Å²) in [6, 6.07) is 7.53. The minimum Gasteiger partial charge on any atom is -0.486 e. The monoisotopic (exact) mass is 261 g/mol. The lowest BCUT2D eigenvalue weighted by atomic mass is 10.1. The minimum absolute atomic E-state index is 0.399. The van der Waals surface area contributed by atoms with Gasteiger partial charge in [-0.15, -0.1) is 11.3 Å². The van der Waals surface area contributed by atoms with Gasteiger partial charge in [0.05, 0.1) is 4.88 Å². The summed E-state index contributed by atoms with van der Waals surface area (Å²) in [6.07, 6.45) is 0. The molecule has 0 fully saturated rings. The summed E-state index contributed by atoms with van der Waals surface area (Å²) >= 11 is 1.34. The quantitative estimate of drug-likeness (QED) is 0.902. The average Bonchev–Trinajstić information content (AvgIpc) is 2.88. The maximum Gasteiger partial charge on any atom is 0.258 e. The van der Waals surface area contributed by atoms with E-state index in [0.717, 1.165) is 22.6 Å². The van der Waals surface area contributed by atoms with E-state index in [-0.39, 0.29) is 0 Å². The van der Waals surface area contributed by atoms with Crippen LogP contribution in [-0.2, 0) is 0 Å². The van der Waals surface area contributed by atoms with Crippen molar-refractivity contribution in [3.05, 3.63) is 34.5 Å². The zero-order valence-corrected chi connectivity index (χ0v) is 10.3. The van der Waals surface area contributed by atoms with Crippen molar-refractivity contribution in [2.24, 2.45) is 5.73 Å². The Labute approximate surface area is 108 Å². The van der Waals surface area contributed by atoms with Crippen molar-refractivity contribution in [3.63, 3.8) is 0 Å². The van der Waals surface area contributed by atoms with Crippen LogP contribution in [0.15, 0.2) is 29.6 Å². The van der Waals surface area contributed by atoms with Gasteiger partial charge < -0.3 is 15.2 Å². The number of amides is 1. The van der Waals surface area contributed by atoms with E-state index < -0.39 is 5.91 Å². The second kappa shape index (κ2) is 4.34. The highest BCUT2D eigenvalue weighted by atomic mass is 32.1. The van der Waals surface area contributed by atoms with Gasteiger partial charge in [0.25, 0.3) is 5.91 Å². The number of ether oxygens (including phenoxy) is 2. The Balaban J connectivity index is 1.98. The van der Waals surface area contributed by atoms with Crippen LogP contribution in [0.2, 0.25) is 0 Å². The molecule has 2 N–H and O–H groups in total. The molecule has 1 aromatic carbocycles. The molecule has 3 rings (SSSR count). The van der Waals surface area contributed by atoms with E-state index in [2.05, 4.69) is 0 Å². The largest absolute Gasteiger partial charge is 0.486 e. The number of benzene rings is 1. The van der Waals surface area contributed by atoms with Gasteiger partial charge in [0.1, 0.15) is 13.2 Å². The van der Waals surface area contributed by atoms with Crippen molar-refractivity contribution in [1.29, 1.82) is 0 Å². The minimum atomic E-state index is -0.399. The number of carbonyl (C=O) groups is 1. The van der Waals surface area contributed by atoms with E-state index in [9.17, 15) is 4.79 Å². The van der Waals surface area contributed by atoms with Crippen molar-refractivity contribution < 1.29 is 14.3 Å². The maximum atomic E-state index is 11.1. The molecule has 0 unspecified atom stereocenters. The van der Waals surface area contributed by atoms with E-state index in [1.807, 2.05) is 23.6 Å². The number of rotatable bonds is 2. The molecular weight excluding hydrogens is 250 g/mol. The van der Waals surface area contributed by atoms with Crippen LogP contribution in [-0.4, -0.2) is 19.1 Å². The van der Waals surface area contributed by atoms with Crippen molar-refractivity contribution >= 4 is 17.2 Å².